The lowest BCUT2D eigenvalue weighted by atomic mass is 9.95. The van der Waals surface area contributed by atoms with Crippen molar-refractivity contribution in [3.63, 3.8) is 0 Å². The molecule has 0 aliphatic heterocycles. The molecule has 0 aliphatic carbocycles. The van der Waals surface area contributed by atoms with E-state index < -0.39 is 28.8 Å². The van der Waals surface area contributed by atoms with Crippen molar-refractivity contribution in [1.82, 2.24) is 0 Å². The summed E-state index contributed by atoms with van der Waals surface area (Å²) in [5, 5.41) is 20.4. The predicted octanol–water partition coefficient (Wildman–Crippen LogP) is 3.16. The number of carbonyl (C=O) groups is 2. The van der Waals surface area contributed by atoms with E-state index in [2.05, 4.69) is 0 Å². The third kappa shape index (κ3) is 11.4. The van der Waals surface area contributed by atoms with Gasteiger partial charge < -0.3 is 34.5 Å². The Morgan fingerprint density at radius 1 is 0.974 bits per heavy atom. The minimum absolute atomic E-state index is 0.0603. The lowest BCUT2D eigenvalue weighted by Gasteiger charge is -2.15. The summed E-state index contributed by atoms with van der Waals surface area (Å²) in [6.45, 7) is 4.42. The van der Waals surface area contributed by atoms with Crippen LogP contribution in [0.25, 0.3) is 11.1 Å². The summed E-state index contributed by atoms with van der Waals surface area (Å²) in [6.07, 6.45) is -0.221. The number of benzene rings is 2. The van der Waals surface area contributed by atoms with E-state index in [1.165, 1.54) is 6.07 Å². The maximum atomic E-state index is 12.0. The molecule has 0 bridgehead atoms. The highest BCUT2D eigenvalue weighted by atomic mass is 16.6. The third-order valence-corrected chi connectivity index (χ3v) is 5.71. The molecular weight excluding hydrogens is 512 g/mol. The quantitative estimate of drug-likeness (QED) is 0.114. The van der Waals surface area contributed by atoms with Gasteiger partial charge in [0, 0.05) is 31.1 Å². The normalized spacial score (nSPS) is 12.5. The number of hydrogen-bond donors (Lipinski definition) is 2. The predicted molar refractivity (Wildman–Crippen MR) is 142 cm³/mol. The molecule has 2 aromatic carbocycles. The summed E-state index contributed by atoms with van der Waals surface area (Å²) in [6, 6.07) is 10.9. The van der Waals surface area contributed by atoms with Crippen molar-refractivity contribution in [1.29, 1.82) is 0 Å². The number of methoxy groups -OCH3 is 1. The highest BCUT2D eigenvalue weighted by molar-refractivity contribution is 5.75. The van der Waals surface area contributed by atoms with Crippen LogP contribution < -0.4 is 10.5 Å². The van der Waals surface area contributed by atoms with Gasteiger partial charge in [-0.25, -0.2) is 0 Å². The second-order valence-electron chi connectivity index (χ2n) is 8.69. The molecule has 0 aliphatic rings. The Kier molecular flexibility index (Phi) is 13.9. The lowest BCUT2D eigenvalue weighted by molar-refractivity contribution is -0.385. The van der Waals surface area contributed by atoms with E-state index in [0.29, 0.717) is 51.0 Å². The van der Waals surface area contributed by atoms with Crippen LogP contribution in [-0.2, 0) is 28.5 Å². The van der Waals surface area contributed by atoms with Crippen LogP contribution in [0, 0.1) is 10.1 Å². The van der Waals surface area contributed by atoms with Gasteiger partial charge >= 0.3 is 11.9 Å². The first kappa shape index (κ1) is 31.6. The average Bonchev–Trinajstić information content (AvgIpc) is 2.93. The van der Waals surface area contributed by atoms with Gasteiger partial charge in [0.1, 0.15) is 18.4 Å². The molecule has 214 valence electrons. The first-order valence-corrected chi connectivity index (χ1v) is 12.5. The maximum Gasteiger partial charge on any atom is 0.320 e. The van der Waals surface area contributed by atoms with Crippen LogP contribution in [0.15, 0.2) is 42.5 Å². The Morgan fingerprint density at radius 3 is 2.21 bits per heavy atom. The summed E-state index contributed by atoms with van der Waals surface area (Å²) in [5.74, 6) is -1.64. The van der Waals surface area contributed by atoms with Crippen molar-refractivity contribution in [3.8, 4) is 16.9 Å². The molecule has 0 heterocycles. The minimum Gasteiger partial charge on any atom is -0.491 e. The van der Waals surface area contributed by atoms with Crippen molar-refractivity contribution in [2.24, 2.45) is 5.73 Å². The Balaban J connectivity index is 1.92. The van der Waals surface area contributed by atoms with E-state index in [4.69, 9.17) is 34.5 Å². The number of carboxylic acid groups (broad SMARTS) is 1. The molecule has 12 nitrogen and oxygen atoms in total. The fraction of sp³-hybridized carbons (Fsp3) is 0.481. The van der Waals surface area contributed by atoms with Gasteiger partial charge in [0.05, 0.1) is 44.6 Å². The molecule has 0 saturated carbocycles. The SMILES string of the molecule is COCCOCCOCCOc1ccc(-c2ccc([N+](=O)[O-])c(C(C)COC(=O)CC[C@H](N)C(=O)O)c2)cc1. The van der Waals surface area contributed by atoms with Crippen LogP contribution in [0.3, 0.4) is 0 Å². The van der Waals surface area contributed by atoms with Gasteiger partial charge in [-0.05, 0) is 41.8 Å². The molecular formula is C27H36N2O10. The molecule has 1 unspecified atom stereocenters. The summed E-state index contributed by atoms with van der Waals surface area (Å²) in [4.78, 5) is 33.9. The van der Waals surface area contributed by atoms with Crippen molar-refractivity contribution in [2.75, 3.05) is 53.4 Å². The third-order valence-electron chi connectivity index (χ3n) is 5.71. The fourth-order valence-corrected chi connectivity index (χ4v) is 3.50. The topological polar surface area (TPSA) is 170 Å². The van der Waals surface area contributed by atoms with Crippen molar-refractivity contribution in [2.45, 2.75) is 31.7 Å². The Labute approximate surface area is 227 Å². The zero-order valence-corrected chi connectivity index (χ0v) is 22.2. The van der Waals surface area contributed by atoms with Crippen LogP contribution in [-0.4, -0.2) is 81.4 Å². The van der Waals surface area contributed by atoms with Crippen LogP contribution in [0.4, 0.5) is 5.69 Å². The molecule has 0 amide bonds. The molecule has 0 fully saturated rings. The monoisotopic (exact) mass is 548 g/mol. The molecule has 0 spiro atoms. The number of nitro benzene ring substituents is 1. The summed E-state index contributed by atoms with van der Waals surface area (Å²) < 4.78 is 26.6. The molecule has 0 radical (unpaired) electrons. The Hall–Kier alpha value is -3.58. The minimum atomic E-state index is -1.20. The van der Waals surface area contributed by atoms with Gasteiger partial charge in [-0.3, -0.25) is 19.7 Å². The van der Waals surface area contributed by atoms with E-state index in [0.717, 1.165) is 11.1 Å². The summed E-state index contributed by atoms with van der Waals surface area (Å²) in [5.41, 5.74) is 7.31. The number of rotatable bonds is 19. The molecule has 3 N–H and O–H groups in total. The number of esters is 1. The van der Waals surface area contributed by atoms with Gasteiger partial charge in [0.2, 0.25) is 0 Å². The molecule has 2 rings (SSSR count). The Bertz CT molecular complexity index is 1060. The van der Waals surface area contributed by atoms with E-state index in [1.54, 1.807) is 38.3 Å². The van der Waals surface area contributed by atoms with Crippen molar-refractivity contribution < 1.29 is 43.3 Å². The number of nitro groups is 1. The number of hydrogen-bond acceptors (Lipinski definition) is 10. The average molecular weight is 549 g/mol. The first-order chi connectivity index (χ1) is 18.7. The van der Waals surface area contributed by atoms with Gasteiger partial charge in [0.15, 0.2) is 0 Å². The molecule has 39 heavy (non-hydrogen) atoms. The largest absolute Gasteiger partial charge is 0.491 e. The molecule has 2 aromatic rings. The van der Waals surface area contributed by atoms with Crippen molar-refractivity contribution >= 4 is 17.6 Å². The number of carbonyl (C=O) groups excluding carboxylic acids is 1. The molecule has 0 saturated heterocycles. The zero-order valence-electron chi connectivity index (χ0n) is 22.2. The lowest BCUT2D eigenvalue weighted by Crippen LogP contribution is -2.30. The number of carboxylic acids is 1. The number of aliphatic carboxylic acids is 1. The van der Waals surface area contributed by atoms with Gasteiger partial charge in [-0.15, -0.1) is 0 Å². The molecule has 0 aromatic heterocycles. The highest BCUT2D eigenvalue weighted by Crippen LogP contribution is 2.32. The van der Waals surface area contributed by atoms with Gasteiger partial charge in [0.25, 0.3) is 5.69 Å². The van der Waals surface area contributed by atoms with E-state index in [-0.39, 0.29) is 25.1 Å². The van der Waals surface area contributed by atoms with Crippen LogP contribution in [0.5, 0.6) is 5.75 Å². The van der Waals surface area contributed by atoms with Crippen LogP contribution in [0.1, 0.15) is 31.2 Å². The zero-order chi connectivity index (χ0) is 28.6. The number of nitrogens with two attached hydrogens (primary N) is 1. The highest BCUT2D eigenvalue weighted by Gasteiger charge is 2.22. The van der Waals surface area contributed by atoms with Gasteiger partial charge in [-0.1, -0.05) is 19.1 Å². The van der Waals surface area contributed by atoms with E-state index in [9.17, 15) is 19.7 Å². The standard InChI is InChI=1S/C27H36N2O10/c1-19(18-39-26(30)10-8-24(28)27(31)32)23-17-21(5-9-25(23)29(33)34)20-3-6-22(7-4-20)38-16-15-37-14-13-36-12-11-35-2/h3-7,9,17,19,24H,8,10-16,18,28H2,1-2H3,(H,31,32)/t19?,24-/m0/s1. The Morgan fingerprint density at radius 2 is 1.59 bits per heavy atom. The van der Waals surface area contributed by atoms with Crippen LogP contribution >= 0.6 is 0 Å². The second kappa shape index (κ2) is 17.1. The van der Waals surface area contributed by atoms with Crippen LogP contribution in [0.2, 0.25) is 0 Å². The summed E-state index contributed by atoms with van der Waals surface area (Å²) >= 11 is 0. The second-order valence-corrected chi connectivity index (χ2v) is 8.69. The molecule has 2 atom stereocenters. The number of nitrogens with zero attached hydrogens (tertiary/aromatic N) is 1. The van der Waals surface area contributed by atoms with Gasteiger partial charge in [-0.2, -0.15) is 0 Å². The molecule has 12 heteroatoms. The first-order valence-electron chi connectivity index (χ1n) is 12.5. The van der Waals surface area contributed by atoms with E-state index in [1.807, 2.05) is 12.1 Å². The van der Waals surface area contributed by atoms with E-state index >= 15 is 0 Å². The summed E-state index contributed by atoms with van der Waals surface area (Å²) in [7, 11) is 1.61. The number of ether oxygens (including phenoxy) is 5. The van der Waals surface area contributed by atoms with Crippen molar-refractivity contribution in [3.05, 3.63) is 58.1 Å². The smallest absolute Gasteiger partial charge is 0.320 e. The fourth-order valence-electron chi connectivity index (χ4n) is 3.50. The maximum absolute atomic E-state index is 12.0.